The number of rotatable bonds is 9. The standard InChI is InChI=1S/C34H35NO7/c1-22-21-34(2,3)35(32(36)16-10-23-8-12-25(38-4)19-30(23)40-6)29-15-14-27(18-28(22)29)42-33(37)17-11-24-9-13-26(39-5)20-31(24)41-7/h8-21H,1-7H3/b16-10+,17-11+. The van der Waals surface area contributed by atoms with Crippen molar-refractivity contribution in [2.75, 3.05) is 33.3 Å². The lowest BCUT2D eigenvalue weighted by Crippen LogP contribution is -2.48. The fraction of sp³-hybridized carbons (Fsp3) is 0.235. The maximum Gasteiger partial charge on any atom is 0.336 e. The van der Waals surface area contributed by atoms with Crippen molar-refractivity contribution < 1.29 is 33.3 Å². The molecule has 0 N–H and O–H groups in total. The largest absolute Gasteiger partial charge is 0.497 e. The van der Waals surface area contributed by atoms with E-state index >= 15 is 0 Å². The Labute approximate surface area is 246 Å². The van der Waals surface area contributed by atoms with Crippen molar-refractivity contribution in [2.24, 2.45) is 0 Å². The number of carbonyl (C=O) groups is 2. The molecule has 1 heterocycles. The fourth-order valence-corrected chi connectivity index (χ4v) is 4.93. The first-order valence-electron chi connectivity index (χ1n) is 13.3. The van der Waals surface area contributed by atoms with Gasteiger partial charge in [-0.25, -0.2) is 4.79 Å². The first kappa shape index (κ1) is 30.0. The number of hydrogen-bond donors (Lipinski definition) is 0. The van der Waals surface area contributed by atoms with Gasteiger partial charge in [-0.3, -0.25) is 9.69 Å². The number of allylic oxidation sites excluding steroid dienone is 1. The summed E-state index contributed by atoms with van der Waals surface area (Å²) in [6, 6.07) is 16.0. The summed E-state index contributed by atoms with van der Waals surface area (Å²) in [7, 11) is 6.28. The molecule has 0 bridgehead atoms. The van der Waals surface area contributed by atoms with E-state index in [4.69, 9.17) is 23.7 Å². The van der Waals surface area contributed by atoms with E-state index in [0.29, 0.717) is 34.3 Å². The van der Waals surface area contributed by atoms with Crippen molar-refractivity contribution in [3.05, 3.63) is 89.5 Å². The van der Waals surface area contributed by atoms with Crippen LogP contribution >= 0.6 is 0 Å². The second-order valence-electron chi connectivity index (χ2n) is 10.1. The van der Waals surface area contributed by atoms with Crippen molar-refractivity contribution in [3.8, 4) is 28.7 Å². The maximum absolute atomic E-state index is 13.6. The number of nitrogens with zero attached hydrogens (tertiary/aromatic N) is 1. The minimum Gasteiger partial charge on any atom is -0.497 e. The molecule has 0 fully saturated rings. The molecular weight excluding hydrogens is 534 g/mol. The van der Waals surface area contributed by atoms with Crippen LogP contribution in [0.5, 0.6) is 28.7 Å². The van der Waals surface area contributed by atoms with Gasteiger partial charge in [0, 0.05) is 41.0 Å². The molecule has 0 aliphatic carbocycles. The van der Waals surface area contributed by atoms with Crippen LogP contribution in [0.15, 0.2) is 72.8 Å². The number of methoxy groups -OCH3 is 4. The fourth-order valence-electron chi connectivity index (χ4n) is 4.93. The smallest absolute Gasteiger partial charge is 0.336 e. The number of esters is 1. The highest BCUT2D eigenvalue weighted by Gasteiger charge is 2.35. The lowest BCUT2D eigenvalue weighted by molar-refractivity contribution is -0.128. The number of anilines is 1. The van der Waals surface area contributed by atoms with Gasteiger partial charge in [-0.2, -0.15) is 0 Å². The van der Waals surface area contributed by atoms with Crippen molar-refractivity contribution >= 4 is 35.3 Å². The Hall–Kier alpha value is -4.98. The number of amides is 1. The Balaban J connectivity index is 1.56. The highest BCUT2D eigenvalue weighted by atomic mass is 16.5. The molecule has 4 rings (SSSR count). The number of fused-ring (bicyclic) bond motifs is 1. The highest BCUT2D eigenvalue weighted by Crippen LogP contribution is 2.41. The van der Waals surface area contributed by atoms with Crippen LogP contribution in [-0.2, 0) is 9.59 Å². The van der Waals surface area contributed by atoms with E-state index in [1.165, 1.54) is 12.2 Å². The summed E-state index contributed by atoms with van der Waals surface area (Å²) in [5, 5.41) is 0. The van der Waals surface area contributed by atoms with Crippen molar-refractivity contribution in [1.82, 2.24) is 0 Å². The predicted molar refractivity (Wildman–Crippen MR) is 164 cm³/mol. The van der Waals surface area contributed by atoms with Gasteiger partial charge in [0.25, 0.3) is 5.91 Å². The van der Waals surface area contributed by atoms with Gasteiger partial charge in [0.15, 0.2) is 0 Å². The topological polar surface area (TPSA) is 83.5 Å². The van der Waals surface area contributed by atoms with Crippen LogP contribution in [0.2, 0.25) is 0 Å². The lowest BCUT2D eigenvalue weighted by atomic mass is 9.88. The van der Waals surface area contributed by atoms with Gasteiger partial charge in [-0.05, 0) is 81.0 Å². The minimum absolute atomic E-state index is 0.205. The zero-order valence-corrected chi connectivity index (χ0v) is 24.9. The van der Waals surface area contributed by atoms with Crippen LogP contribution in [0.25, 0.3) is 17.7 Å². The normalized spacial score (nSPS) is 13.9. The molecule has 0 atom stereocenters. The molecule has 1 aliphatic heterocycles. The monoisotopic (exact) mass is 569 g/mol. The SMILES string of the molecule is COc1ccc(/C=C/C(=O)Oc2ccc3c(c2)C(C)=CC(C)(C)N3C(=O)/C=C/c2ccc(OC)cc2OC)c(OC)c1. The van der Waals surface area contributed by atoms with Crippen molar-refractivity contribution in [3.63, 3.8) is 0 Å². The summed E-state index contributed by atoms with van der Waals surface area (Å²) < 4.78 is 26.9. The van der Waals surface area contributed by atoms with Crippen LogP contribution < -0.4 is 28.6 Å². The Bertz CT molecular complexity index is 1580. The van der Waals surface area contributed by atoms with Gasteiger partial charge >= 0.3 is 5.97 Å². The van der Waals surface area contributed by atoms with Crippen LogP contribution in [0.1, 0.15) is 37.5 Å². The van der Waals surface area contributed by atoms with Gasteiger partial charge in [0.05, 0.1) is 39.7 Å². The second-order valence-corrected chi connectivity index (χ2v) is 10.1. The zero-order valence-electron chi connectivity index (χ0n) is 24.9. The maximum atomic E-state index is 13.6. The number of carbonyl (C=O) groups excluding carboxylic acids is 2. The van der Waals surface area contributed by atoms with E-state index in [-0.39, 0.29) is 5.91 Å². The molecule has 8 heteroatoms. The first-order valence-corrected chi connectivity index (χ1v) is 13.3. The number of benzene rings is 3. The molecule has 0 aromatic heterocycles. The third-order valence-corrected chi connectivity index (χ3v) is 6.90. The van der Waals surface area contributed by atoms with Crippen LogP contribution in [0.4, 0.5) is 5.69 Å². The quantitative estimate of drug-likeness (QED) is 0.163. The summed E-state index contributed by atoms with van der Waals surface area (Å²) in [4.78, 5) is 28.0. The lowest BCUT2D eigenvalue weighted by Gasteiger charge is -2.41. The summed E-state index contributed by atoms with van der Waals surface area (Å²) in [6.07, 6.45) is 8.23. The zero-order chi connectivity index (χ0) is 30.4. The van der Waals surface area contributed by atoms with E-state index in [2.05, 4.69) is 0 Å². The Morgan fingerprint density at radius 3 is 1.81 bits per heavy atom. The van der Waals surface area contributed by atoms with Crippen LogP contribution in [0.3, 0.4) is 0 Å². The third-order valence-electron chi connectivity index (χ3n) is 6.90. The summed E-state index contributed by atoms with van der Waals surface area (Å²) >= 11 is 0. The molecule has 0 spiro atoms. The van der Waals surface area contributed by atoms with Gasteiger partial charge < -0.3 is 23.7 Å². The summed E-state index contributed by atoms with van der Waals surface area (Å²) in [5.74, 6) is 2.09. The molecule has 42 heavy (non-hydrogen) atoms. The first-order chi connectivity index (χ1) is 20.1. The second kappa shape index (κ2) is 12.7. The average molecular weight is 570 g/mol. The highest BCUT2D eigenvalue weighted by molar-refractivity contribution is 6.08. The van der Waals surface area contributed by atoms with Crippen LogP contribution in [-0.4, -0.2) is 45.9 Å². The van der Waals surface area contributed by atoms with Gasteiger partial charge in [0.2, 0.25) is 0 Å². The molecule has 3 aromatic rings. The molecule has 218 valence electrons. The molecule has 0 unspecified atom stereocenters. The molecule has 0 radical (unpaired) electrons. The Kier molecular flexibility index (Phi) is 9.06. The molecule has 8 nitrogen and oxygen atoms in total. The average Bonchev–Trinajstić information content (AvgIpc) is 2.98. The summed E-state index contributed by atoms with van der Waals surface area (Å²) in [5.41, 5.74) is 3.34. The van der Waals surface area contributed by atoms with Gasteiger partial charge in [0.1, 0.15) is 28.7 Å². The molecule has 0 saturated heterocycles. The van der Waals surface area contributed by atoms with Crippen LogP contribution in [0, 0.1) is 0 Å². The third kappa shape index (κ3) is 6.49. The van der Waals surface area contributed by atoms with E-state index in [0.717, 1.165) is 22.4 Å². The van der Waals surface area contributed by atoms with Crippen molar-refractivity contribution in [2.45, 2.75) is 26.3 Å². The van der Waals surface area contributed by atoms with Crippen molar-refractivity contribution in [1.29, 1.82) is 0 Å². The molecule has 3 aromatic carbocycles. The minimum atomic E-state index is -0.596. The van der Waals surface area contributed by atoms with E-state index in [1.807, 2.05) is 39.0 Å². The predicted octanol–water partition coefficient (Wildman–Crippen LogP) is 6.58. The van der Waals surface area contributed by atoms with E-state index < -0.39 is 11.5 Å². The van der Waals surface area contributed by atoms with Gasteiger partial charge in [-0.15, -0.1) is 0 Å². The Morgan fingerprint density at radius 2 is 1.26 bits per heavy atom. The van der Waals surface area contributed by atoms with Gasteiger partial charge in [-0.1, -0.05) is 6.08 Å². The molecule has 1 aliphatic rings. The molecular formula is C34H35NO7. The molecule has 0 saturated carbocycles. The van der Waals surface area contributed by atoms with E-state index in [1.54, 1.807) is 88.0 Å². The Morgan fingerprint density at radius 1 is 0.714 bits per heavy atom. The number of hydrogen-bond acceptors (Lipinski definition) is 7. The molecule has 1 amide bonds. The van der Waals surface area contributed by atoms with E-state index in [9.17, 15) is 9.59 Å². The number of ether oxygens (including phenoxy) is 5. The summed E-state index contributed by atoms with van der Waals surface area (Å²) in [6.45, 7) is 5.93.